The summed E-state index contributed by atoms with van der Waals surface area (Å²) in [5.74, 6) is -0.0112. The van der Waals surface area contributed by atoms with Gasteiger partial charge in [0.1, 0.15) is 0 Å². The third kappa shape index (κ3) is 4.62. The van der Waals surface area contributed by atoms with Crippen LogP contribution in [0.5, 0.6) is 0 Å². The predicted octanol–water partition coefficient (Wildman–Crippen LogP) is 1.45. The molecule has 138 valence electrons. The molecule has 1 heterocycles. The Morgan fingerprint density at radius 1 is 1.12 bits per heavy atom. The Bertz CT molecular complexity index is 879. The summed E-state index contributed by atoms with van der Waals surface area (Å²) in [4.78, 5) is 14.5. The molecule has 1 aliphatic heterocycles. The average molecular weight is 373 g/mol. The molecular weight excluding hydrogens is 350 g/mol. The Labute approximate surface area is 154 Å². The van der Waals surface area contributed by atoms with Gasteiger partial charge in [-0.2, -0.15) is 0 Å². The summed E-state index contributed by atoms with van der Waals surface area (Å²) in [6, 6.07) is 14.6. The number of benzene rings is 2. The molecule has 0 unspecified atom stereocenters. The first-order valence-corrected chi connectivity index (χ1v) is 10.2. The minimum atomic E-state index is -3.67. The van der Waals surface area contributed by atoms with Crippen LogP contribution in [-0.4, -0.2) is 34.0 Å². The number of fused-ring (bicyclic) bond motifs is 1. The van der Waals surface area contributed by atoms with Crippen LogP contribution in [0.15, 0.2) is 53.4 Å². The Balaban J connectivity index is 1.49. The van der Waals surface area contributed by atoms with Gasteiger partial charge >= 0.3 is 0 Å². The number of hydrogen-bond acceptors (Lipinski definition) is 4. The summed E-state index contributed by atoms with van der Waals surface area (Å²) in [6.07, 6.45) is 2.75. The molecule has 0 saturated heterocycles. The molecule has 0 saturated carbocycles. The summed E-state index contributed by atoms with van der Waals surface area (Å²) in [7, 11) is -3.67. The molecule has 0 radical (unpaired) electrons. The van der Waals surface area contributed by atoms with Crippen molar-refractivity contribution >= 4 is 21.6 Å². The van der Waals surface area contributed by atoms with Gasteiger partial charge in [-0.25, -0.2) is 13.6 Å². The molecule has 3 N–H and O–H groups in total. The van der Waals surface area contributed by atoms with Gasteiger partial charge in [-0.05, 0) is 48.6 Å². The Kier molecular flexibility index (Phi) is 5.58. The average Bonchev–Trinajstić information content (AvgIpc) is 2.62. The van der Waals surface area contributed by atoms with Crippen molar-refractivity contribution in [1.82, 2.24) is 5.32 Å². The standard InChI is InChI=1S/C19H23N3O3S/c20-26(24,25)17-9-7-15(8-10-17)11-12-21-19(23)14-22-13-3-5-16-4-1-2-6-18(16)22/h1-2,4,6-10H,3,5,11-14H2,(H,21,23)(H2,20,24,25). The lowest BCUT2D eigenvalue weighted by Gasteiger charge is -2.30. The van der Waals surface area contributed by atoms with E-state index in [9.17, 15) is 13.2 Å². The third-order valence-electron chi connectivity index (χ3n) is 4.53. The van der Waals surface area contributed by atoms with Crippen LogP contribution in [0.1, 0.15) is 17.5 Å². The van der Waals surface area contributed by atoms with Crippen LogP contribution >= 0.6 is 0 Å². The van der Waals surface area contributed by atoms with E-state index in [2.05, 4.69) is 22.3 Å². The first-order valence-electron chi connectivity index (χ1n) is 8.65. The number of nitrogens with one attached hydrogen (secondary N) is 1. The van der Waals surface area contributed by atoms with Crippen LogP contribution in [0.3, 0.4) is 0 Å². The molecule has 0 spiro atoms. The molecule has 1 amide bonds. The van der Waals surface area contributed by atoms with Crippen molar-refractivity contribution in [3.05, 3.63) is 59.7 Å². The molecule has 1 aliphatic rings. The van der Waals surface area contributed by atoms with Gasteiger partial charge in [0, 0.05) is 18.8 Å². The first-order chi connectivity index (χ1) is 12.4. The van der Waals surface area contributed by atoms with Crippen molar-refractivity contribution in [2.75, 3.05) is 24.5 Å². The molecule has 3 rings (SSSR count). The van der Waals surface area contributed by atoms with E-state index in [0.717, 1.165) is 30.6 Å². The Morgan fingerprint density at radius 3 is 2.58 bits per heavy atom. The van der Waals surface area contributed by atoms with E-state index >= 15 is 0 Å². The SMILES string of the molecule is NS(=O)(=O)c1ccc(CCNC(=O)CN2CCCc3ccccc32)cc1. The lowest BCUT2D eigenvalue weighted by molar-refractivity contribution is -0.119. The number of carbonyl (C=O) groups excluding carboxylic acids is 1. The number of nitrogens with zero attached hydrogens (tertiary/aromatic N) is 1. The maximum atomic E-state index is 12.2. The van der Waals surface area contributed by atoms with E-state index in [0.29, 0.717) is 19.5 Å². The molecule has 2 aromatic carbocycles. The lowest BCUT2D eigenvalue weighted by atomic mass is 10.0. The van der Waals surface area contributed by atoms with Crippen LogP contribution in [0.25, 0.3) is 0 Å². The van der Waals surface area contributed by atoms with Crippen LogP contribution in [-0.2, 0) is 27.7 Å². The fourth-order valence-corrected chi connectivity index (χ4v) is 3.71. The summed E-state index contributed by atoms with van der Waals surface area (Å²) in [5, 5.41) is 8.01. The second-order valence-corrected chi connectivity index (χ2v) is 8.00. The smallest absolute Gasteiger partial charge is 0.239 e. The number of nitrogens with two attached hydrogens (primary N) is 1. The van der Waals surface area contributed by atoms with Gasteiger partial charge in [0.05, 0.1) is 11.4 Å². The fraction of sp³-hybridized carbons (Fsp3) is 0.316. The van der Waals surface area contributed by atoms with Gasteiger partial charge in [0.15, 0.2) is 0 Å². The molecule has 0 bridgehead atoms. The predicted molar refractivity (Wildman–Crippen MR) is 102 cm³/mol. The van der Waals surface area contributed by atoms with Crippen LogP contribution in [0.4, 0.5) is 5.69 Å². The summed E-state index contributed by atoms with van der Waals surface area (Å²) in [5.41, 5.74) is 3.38. The number of carbonyl (C=O) groups is 1. The molecule has 26 heavy (non-hydrogen) atoms. The monoisotopic (exact) mass is 373 g/mol. The van der Waals surface area contributed by atoms with Crippen molar-refractivity contribution in [2.45, 2.75) is 24.2 Å². The van der Waals surface area contributed by atoms with Gasteiger partial charge < -0.3 is 10.2 Å². The van der Waals surface area contributed by atoms with Crippen LogP contribution < -0.4 is 15.4 Å². The number of hydrogen-bond donors (Lipinski definition) is 2. The Hall–Kier alpha value is -2.38. The number of amides is 1. The second-order valence-electron chi connectivity index (χ2n) is 6.44. The topological polar surface area (TPSA) is 92.5 Å². The quantitative estimate of drug-likeness (QED) is 0.801. The van der Waals surface area contributed by atoms with E-state index in [4.69, 9.17) is 5.14 Å². The molecule has 6 nitrogen and oxygen atoms in total. The van der Waals surface area contributed by atoms with E-state index in [-0.39, 0.29) is 10.8 Å². The van der Waals surface area contributed by atoms with E-state index in [1.165, 1.54) is 17.7 Å². The van der Waals surface area contributed by atoms with E-state index in [1.54, 1.807) is 12.1 Å². The minimum absolute atomic E-state index is 0.0112. The molecule has 0 aliphatic carbocycles. The number of anilines is 1. The van der Waals surface area contributed by atoms with E-state index < -0.39 is 10.0 Å². The van der Waals surface area contributed by atoms with Crippen molar-refractivity contribution in [2.24, 2.45) is 5.14 Å². The zero-order valence-electron chi connectivity index (χ0n) is 14.5. The normalized spacial score (nSPS) is 14.0. The highest BCUT2D eigenvalue weighted by Crippen LogP contribution is 2.26. The molecule has 0 fully saturated rings. The zero-order chi connectivity index (χ0) is 18.6. The highest BCUT2D eigenvalue weighted by atomic mass is 32.2. The largest absolute Gasteiger partial charge is 0.362 e. The third-order valence-corrected chi connectivity index (χ3v) is 5.46. The molecule has 2 aromatic rings. The van der Waals surface area contributed by atoms with Gasteiger partial charge in [-0.3, -0.25) is 4.79 Å². The summed E-state index contributed by atoms with van der Waals surface area (Å²) in [6.45, 7) is 1.74. The maximum absolute atomic E-state index is 12.2. The van der Waals surface area contributed by atoms with Gasteiger partial charge in [0.25, 0.3) is 0 Å². The van der Waals surface area contributed by atoms with Crippen molar-refractivity contribution in [3.8, 4) is 0 Å². The second kappa shape index (κ2) is 7.88. The number of para-hydroxylation sites is 1. The number of rotatable bonds is 6. The number of primary sulfonamides is 1. The van der Waals surface area contributed by atoms with Crippen LogP contribution in [0, 0.1) is 0 Å². The minimum Gasteiger partial charge on any atom is -0.362 e. The Morgan fingerprint density at radius 2 is 1.85 bits per heavy atom. The van der Waals surface area contributed by atoms with Gasteiger partial charge in [-0.1, -0.05) is 30.3 Å². The molecule has 7 heteroatoms. The van der Waals surface area contributed by atoms with Crippen LogP contribution in [0.2, 0.25) is 0 Å². The van der Waals surface area contributed by atoms with Gasteiger partial charge in [-0.15, -0.1) is 0 Å². The zero-order valence-corrected chi connectivity index (χ0v) is 15.3. The van der Waals surface area contributed by atoms with Crippen molar-refractivity contribution in [3.63, 3.8) is 0 Å². The van der Waals surface area contributed by atoms with Gasteiger partial charge in [0.2, 0.25) is 15.9 Å². The summed E-state index contributed by atoms with van der Waals surface area (Å²) < 4.78 is 22.5. The lowest BCUT2D eigenvalue weighted by Crippen LogP contribution is -2.40. The van der Waals surface area contributed by atoms with E-state index in [1.807, 2.05) is 12.1 Å². The molecule has 0 aromatic heterocycles. The molecule has 0 atom stereocenters. The van der Waals surface area contributed by atoms with Crippen molar-refractivity contribution in [1.29, 1.82) is 0 Å². The number of aryl methyl sites for hydroxylation is 1. The highest BCUT2D eigenvalue weighted by Gasteiger charge is 2.18. The highest BCUT2D eigenvalue weighted by molar-refractivity contribution is 7.89. The summed E-state index contributed by atoms with van der Waals surface area (Å²) >= 11 is 0. The first kappa shape index (κ1) is 18.4. The maximum Gasteiger partial charge on any atom is 0.239 e. The molecular formula is C19H23N3O3S. The van der Waals surface area contributed by atoms with Crippen molar-refractivity contribution < 1.29 is 13.2 Å². The number of sulfonamides is 1. The fourth-order valence-electron chi connectivity index (χ4n) is 3.20.